The third-order valence-electron chi connectivity index (χ3n) is 2.46. The average molecular weight is 360 g/mol. The van der Waals surface area contributed by atoms with Crippen molar-refractivity contribution < 1.29 is 9.18 Å². The monoisotopic (exact) mass is 358 g/mol. The van der Waals surface area contributed by atoms with Crippen LogP contribution < -0.4 is 16.8 Å². The fraction of sp³-hybridized carbons (Fsp3) is 0. The highest BCUT2D eigenvalue weighted by Crippen LogP contribution is 2.33. The first-order valence-electron chi connectivity index (χ1n) is 5.35. The van der Waals surface area contributed by atoms with E-state index in [2.05, 4.69) is 26.2 Å². The van der Waals surface area contributed by atoms with Crippen LogP contribution in [0.5, 0.6) is 0 Å². The molecule has 0 radical (unpaired) electrons. The number of nitrogens with one attached hydrogen (secondary N) is 1. The van der Waals surface area contributed by atoms with Gasteiger partial charge in [-0.2, -0.15) is 0 Å². The Labute approximate surface area is 127 Å². The maximum absolute atomic E-state index is 13.1. The number of amides is 1. The van der Waals surface area contributed by atoms with Gasteiger partial charge >= 0.3 is 0 Å². The van der Waals surface area contributed by atoms with Crippen LogP contribution in [0.4, 0.5) is 21.6 Å². The van der Waals surface area contributed by atoms with Gasteiger partial charge in [-0.3, -0.25) is 4.79 Å². The Morgan fingerprint density at radius 3 is 2.70 bits per heavy atom. The summed E-state index contributed by atoms with van der Waals surface area (Å²) in [4.78, 5) is 15.2. The third-order valence-corrected chi connectivity index (χ3v) is 3.38. The van der Waals surface area contributed by atoms with E-state index in [0.29, 0.717) is 16.0 Å². The van der Waals surface area contributed by atoms with E-state index in [1.165, 1.54) is 18.3 Å². The molecule has 1 aromatic carbocycles. The average Bonchev–Trinajstić information content (AvgIpc) is 2.35. The van der Waals surface area contributed by atoms with Gasteiger partial charge in [0, 0.05) is 4.47 Å². The molecular formula is C12H9BrClFN4O. The molecule has 2 aromatic rings. The summed E-state index contributed by atoms with van der Waals surface area (Å²) in [6.07, 6.45) is 1.30. The number of rotatable bonds is 3. The van der Waals surface area contributed by atoms with Gasteiger partial charge in [0.05, 0.1) is 28.2 Å². The smallest absolute Gasteiger partial charge is 0.250 e. The minimum atomic E-state index is -0.669. The van der Waals surface area contributed by atoms with E-state index in [4.69, 9.17) is 23.1 Å². The second-order valence-corrected chi connectivity index (χ2v) is 5.15. The Bertz CT molecular complexity index is 672. The Kier molecular flexibility index (Phi) is 4.10. The molecule has 1 amide bonds. The molecule has 0 atom stereocenters. The molecule has 20 heavy (non-hydrogen) atoms. The maximum atomic E-state index is 13.1. The van der Waals surface area contributed by atoms with Crippen molar-refractivity contribution in [2.45, 2.75) is 0 Å². The zero-order chi connectivity index (χ0) is 14.9. The predicted molar refractivity (Wildman–Crippen MR) is 79.6 cm³/mol. The normalized spacial score (nSPS) is 10.3. The number of pyridine rings is 1. The van der Waals surface area contributed by atoms with E-state index in [0.717, 1.165) is 6.07 Å². The lowest BCUT2D eigenvalue weighted by Gasteiger charge is -2.11. The van der Waals surface area contributed by atoms with Crippen LogP contribution in [0.25, 0.3) is 0 Å². The topological polar surface area (TPSA) is 94.0 Å². The number of benzene rings is 1. The van der Waals surface area contributed by atoms with E-state index >= 15 is 0 Å². The SMILES string of the molecule is NC(=O)c1cc(Nc2c(Cl)cc(F)cc2Br)ncc1N. The Morgan fingerprint density at radius 1 is 1.40 bits per heavy atom. The van der Waals surface area contributed by atoms with Crippen LogP contribution in [0, 0.1) is 5.82 Å². The number of hydrogen-bond acceptors (Lipinski definition) is 4. The number of nitrogen functional groups attached to an aromatic ring is 1. The second kappa shape index (κ2) is 5.64. The quantitative estimate of drug-likeness (QED) is 0.785. The maximum Gasteiger partial charge on any atom is 0.250 e. The van der Waals surface area contributed by atoms with Crippen LogP contribution in [0.3, 0.4) is 0 Å². The van der Waals surface area contributed by atoms with E-state index in [-0.39, 0.29) is 16.3 Å². The highest BCUT2D eigenvalue weighted by Gasteiger charge is 2.12. The van der Waals surface area contributed by atoms with Gasteiger partial charge < -0.3 is 16.8 Å². The van der Waals surface area contributed by atoms with Gasteiger partial charge in [0.2, 0.25) is 0 Å². The van der Waals surface area contributed by atoms with Gasteiger partial charge in [0.15, 0.2) is 0 Å². The van der Waals surface area contributed by atoms with Crippen LogP contribution in [-0.2, 0) is 0 Å². The number of hydrogen-bond donors (Lipinski definition) is 3. The molecule has 2 rings (SSSR count). The number of nitrogens with zero attached hydrogens (tertiary/aromatic N) is 1. The van der Waals surface area contributed by atoms with Gasteiger partial charge in [0.25, 0.3) is 5.91 Å². The standard InChI is InChI=1S/C12H9BrClFN4O/c13-7-1-5(15)2-8(14)11(7)19-10-3-6(12(17)20)9(16)4-18-10/h1-4H,16H2,(H2,17,20)(H,18,19). The molecule has 8 heteroatoms. The van der Waals surface area contributed by atoms with Crippen molar-refractivity contribution in [2.24, 2.45) is 5.73 Å². The fourth-order valence-electron chi connectivity index (χ4n) is 1.54. The zero-order valence-corrected chi connectivity index (χ0v) is 12.3. The summed E-state index contributed by atoms with van der Waals surface area (Å²) in [6, 6.07) is 3.80. The molecule has 0 spiro atoms. The summed E-state index contributed by atoms with van der Waals surface area (Å²) >= 11 is 9.13. The van der Waals surface area contributed by atoms with Gasteiger partial charge in [0.1, 0.15) is 11.6 Å². The summed E-state index contributed by atoms with van der Waals surface area (Å²) < 4.78 is 13.6. The van der Waals surface area contributed by atoms with Crippen LogP contribution >= 0.6 is 27.5 Å². The van der Waals surface area contributed by atoms with Crippen LogP contribution in [0.2, 0.25) is 5.02 Å². The first-order valence-corrected chi connectivity index (χ1v) is 6.52. The second-order valence-electron chi connectivity index (χ2n) is 3.89. The minimum Gasteiger partial charge on any atom is -0.397 e. The first-order chi connectivity index (χ1) is 9.38. The molecule has 1 aromatic heterocycles. The minimum absolute atomic E-state index is 0.136. The molecule has 5 N–H and O–H groups in total. The van der Waals surface area contributed by atoms with E-state index in [1.807, 2.05) is 0 Å². The number of halogens is 3. The summed E-state index contributed by atoms with van der Waals surface area (Å²) in [5, 5.41) is 3.03. The Morgan fingerprint density at radius 2 is 2.10 bits per heavy atom. The molecule has 0 aliphatic heterocycles. The molecular weight excluding hydrogens is 351 g/mol. The molecule has 5 nitrogen and oxygen atoms in total. The number of carbonyl (C=O) groups is 1. The lowest BCUT2D eigenvalue weighted by Crippen LogP contribution is -2.14. The van der Waals surface area contributed by atoms with E-state index < -0.39 is 11.7 Å². The fourth-order valence-corrected chi connectivity index (χ4v) is 2.44. The molecule has 0 saturated heterocycles. The molecule has 0 aliphatic carbocycles. The molecule has 0 aliphatic rings. The Hall–Kier alpha value is -1.86. The number of primary amides is 1. The molecule has 0 saturated carbocycles. The number of aromatic nitrogens is 1. The largest absolute Gasteiger partial charge is 0.397 e. The van der Waals surface area contributed by atoms with E-state index in [9.17, 15) is 9.18 Å². The zero-order valence-electron chi connectivity index (χ0n) is 9.95. The predicted octanol–water partition coefficient (Wildman–Crippen LogP) is 3.06. The Balaban J connectivity index is 2.41. The summed E-state index contributed by atoms with van der Waals surface area (Å²) in [6.45, 7) is 0. The molecule has 104 valence electrons. The summed E-state index contributed by atoms with van der Waals surface area (Å²) in [5.41, 5.74) is 11.5. The van der Waals surface area contributed by atoms with Crippen molar-refractivity contribution >= 4 is 50.6 Å². The lowest BCUT2D eigenvalue weighted by atomic mass is 10.2. The number of nitrogens with two attached hydrogens (primary N) is 2. The molecule has 0 unspecified atom stereocenters. The van der Waals surface area contributed by atoms with Crippen molar-refractivity contribution in [3.63, 3.8) is 0 Å². The molecule has 0 bridgehead atoms. The van der Waals surface area contributed by atoms with Crippen molar-refractivity contribution in [3.05, 3.63) is 45.3 Å². The number of anilines is 3. The van der Waals surface area contributed by atoms with E-state index in [1.54, 1.807) is 0 Å². The van der Waals surface area contributed by atoms with Crippen LogP contribution in [-0.4, -0.2) is 10.9 Å². The van der Waals surface area contributed by atoms with Crippen molar-refractivity contribution in [2.75, 3.05) is 11.1 Å². The highest BCUT2D eigenvalue weighted by atomic mass is 79.9. The summed E-state index contributed by atoms with van der Waals surface area (Å²) in [5.74, 6) is -0.838. The number of carbonyl (C=O) groups excluding carboxylic acids is 1. The van der Waals surface area contributed by atoms with Crippen molar-refractivity contribution in [3.8, 4) is 0 Å². The first kappa shape index (κ1) is 14.5. The van der Waals surface area contributed by atoms with Crippen LogP contribution in [0.15, 0.2) is 28.9 Å². The van der Waals surface area contributed by atoms with Crippen molar-refractivity contribution in [1.29, 1.82) is 0 Å². The molecule has 0 fully saturated rings. The van der Waals surface area contributed by atoms with Crippen molar-refractivity contribution in [1.82, 2.24) is 4.98 Å². The lowest BCUT2D eigenvalue weighted by molar-refractivity contribution is 0.100. The summed E-state index contributed by atoms with van der Waals surface area (Å²) in [7, 11) is 0. The van der Waals surface area contributed by atoms with Crippen LogP contribution in [0.1, 0.15) is 10.4 Å². The van der Waals surface area contributed by atoms with Gasteiger partial charge in [-0.15, -0.1) is 0 Å². The third kappa shape index (κ3) is 3.00. The van der Waals surface area contributed by atoms with Gasteiger partial charge in [-0.25, -0.2) is 9.37 Å². The highest BCUT2D eigenvalue weighted by molar-refractivity contribution is 9.10. The van der Waals surface area contributed by atoms with Gasteiger partial charge in [-0.1, -0.05) is 11.6 Å². The van der Waals surface area contributed by atoms with Gasteiger partial charge in [-0.05, 0) is 34.1 Å². The molecule has 1 heterocycles.